The van der Waals surface area contributed by atoms with E-state index in [1.807, 2.05) is 18.6 Å². The van der Waals surface area contributed by atoms with Gasteiger partial charge in [0.1, 0.15) is 0 Å². The van der Waals surface area contributed by atoms with Crippen molar-refractivity contribution in [1.29, 1.82) is 0 Å². The molecule has 5 heteroatoms. The van der Waals surface area contributed by atoms with Gasteiger partial charge in [0, 0.05) is 37.2 Å². The predicted molar refractivity (Wildman–Crippen MR) is 240 cm³/mol. The fourth-order valence-corrected chi connectivity index (χ4v) is 13.9. The van der Waals surface area contributed by atoms with Crippen molar-refractivity contribution < 1.29 is 0 Å². The first kappa shape index (κ1) is 37.0. The zero-order valence-electron chi connectivity index (χ0n) is 33.8. The number of pyridine rings is 3. The first-order valence-electron chi connectivity index (χ1n) is 21.4. The first-order valence-corrected chi connectivity index (χ1v) is 24.5. The molecule has 0 atom stereocenters. The molecule has 0 spiro atoms. The number of nitrogens with zero attached hydrogens (tertiary/aromatic N) is 3. The van der Waals surface area contributed by atoms with E-state index in [1.165, 1.54) is 130 Å². The van der Waals surface area contributed by atoms with Crippen LogP contribution in [0.25, 0.3) is 33.4 Å². The predicted octanol–water partition coefficient (Wildman–Crippen LogP) is 10.6. The molecule has 282 valence electrons. The summed E-state index contributed by atoms with van der Waals surface area (Å²) in [4.78, 5) is 13.8. The number of aromatic nitrogens is 3. The molecule has 3 aromatic carbocycles. The Balaban J connectivity index is 1.09. The lowest BCUT2D eigenvalue weighted by atomic mass is 9.37. The Bertz CT molecular complexity index is 2280. The topological polar surface area (TPSA) is 38.7 Å². The van der Waals surface area contributed by atoms with Gasteiger partial charge >= 0.3 is 0 Å². The minimum Gasteiger partial charge on any atom is -0.265 e. The second-order valence-electron chi connectivity index (χ2n) is 18.3. The van der Waals surface area contributed by atoms with Gasteiger partial charge in [-0.2, -0.15) is 0 Å². The molecule has 0 unspecified atom stereocenters. The third kappa shape index (κ3) is 7.13. The molecule has 9 rings (SSSR count). The number of hydrogen-bond acceptors (Lipinski definition) is 3. The molecule has 56 heavy (non-hydrogen) atoms. The normalized spacial score (nSPS) is 16.7. The van der Waals surface area contributed by atoms with E-state index in [2.05, 4.69) is 151 Å². The summed E-state index contributed by atoms with van der Waals surface area (Å²) >= 11 is 0. The molecule has 3 saturated carbocycles. The zero-order chi connectivity index (χ0) is 38.3. The Morgan fingerprint density at radius 3 is 1.57 bits per heavy atom. The molecular weight excluding hydrogens is 693 g/mol. The van der Waals surface area contributed by atoms with Gasteiger partial charge in [0.25, 0.3) is 0 Å². The van der Waals surface area contributed by atoms with Crippen LogP contribution >= 0.6 is 0 Å². The molecule has 6 aromatic rings. The summed E-state index contributed by atoms with van der Waals surface area (Å²) in [6.45, 7) is 10.0. The molecule has 3 aliphatic carbocycles. The fraction of sp³-hybridized carbons (Fsp3) is 0.353. The lowest BCUT2D eigenvalue weighted by Gasteiger charge is -2.40. The van der Waals surface area contributed by atoms with Crippen LogP contribution in [0.1, 0.15) is 95.1 Å². The minimum absolute atomic E-state index is 0.0972. The van der Waals surface area contributed by atoms with E-state index in [4.69, 9.17) is 0 Å². The molecule has 3 aliphatic rings. The highest BCUT2D eigenvalue weighted by Gasteiger charge is 2.41. The van der Waals surface area contributed by atoms with E-state index in [0.717, 1.165) is 11.5 Å². The molecule has 0 amide bonds. The summed E-state index contributed by atoms with van der Waals surface area (Å²) in [5.41, 5.74) is 15.5. The molecule has 0 bridgehead atoms. The van der Waals surface area contributed by atoms with Crippen molar-refractivity contribution in [3.8, 4) is 33.4 Å². The van der Waals surface area contributed by atoms with Crippen LogP contribution in [0.3, 0.4) is 0 Å². The van der Waals surface area contributed by atoms with E-state index in [9.17, 15) is 0 Å². The first-order chi connectivity index (χ1) is 27.3. The van der Waals surface area contributed by atoms with Crippen LogP contribution in [0.4, 0.5) is 0 Å². The maximum atomic E-state index is 4.65. The minimum atomic E-state index is -1.64. The van der Waals surface area contributed by atoms with Crippen molar-refractivity contribution in [3.05, 3.63) is 139 Å². The Kier molecular flexibility index (Phi) is 10.2. The average molecular weight is 750 g/mol. The summed E-state index contributed by atoms with van der Waals surface area (Å²) in [6, 6.07) is 35.1. The van der Waals surface area contributed by atoms with Gasteiger partial charge in [0.05, 0.1) is 8.07 Å². The van der Waals surface area contributed by atoms with E-state index in [0.29, 0.717) is 5.92 Å². The highest BCUT2D eigenvalue weighted by atomic mass is 28.3. The largest absolute Gasteiger partial charge is 0.265 e. The Morgan fingerprint density at radius 2 is 1.02 bits per heavy atom. The van der Waals surface area contributed by atoms with Crippen LogP contribution < -0.4 is 21.6 Å². The Hall–Kier alpha value is -4.61. The van der Waals surface area contributed by atoms with Crippen LogP contribution in [0.5, 0.6) is 0 Å². The van der Waals surface area contributed by atoms with Crippen molar-refractivity contribution in [2.75, 3.05) is 0 Å². The van der Waals surface area contributed by atoms with Crippen molar-refractivity contribution in [3.63, 3.8) is 0 Å². The Labute approximate surface area is 336 Å². The SMILES string of the molecule is CC(C)(c1cnccc1-c1ccc(B(c2ccc(-c3ccncc3C3CCCCC3)cc2)c2ccc(-c3ccncc3[Si](C)(C)C3CCC3)cc2)cc1)C1CC1. The van der Waals surface area contributed by atoms with Crippen molar-refractivity contribution >= 4 is 36.4 Å². The second-order valence-corrected chi connectivity index (χ2v) is 23.1. The molecule has 3 nitrogen and oxygen atoms in total. The highest BCUT2D eigenvalue weighted by Crippen LogP contribution is 2.49. The molecule has 3 fully saturated rings. The monoisotopic (exact) mass is 749 g/mol. The van der Waals surface area contributed by atoms with Crippen LogP contribution in [-0.2, 0) is 5.41 Å². The average Bonchev–Trinajstić information content (AvgIpc) is 4.09. The van der Waals surface area contributed by atoms with Crippen LogP contribution in [-0.4, -0.2) is 29.7 Å². The van der Waals surface area contributed by atoms with Gasteiger partial charge in [-0.05, 0) is 116 Å². The van der Waals surface area contributed by atoms with Gasteiger partial charge in [-0.1, -0.05) is 155 Å². The molecule has 0 radical (unpaired) electrons. The van der Waals surface area contributed by atoms with Crippen molar-refractivity contribution in [2.24, 2.45) is 5.92 Å². The van der Waals surface area contributed by atoms with Crippen molar-refractivity contribution in [1.82, 2.24) is 15.0 Å². The van der Waals surface area contributed by atoms with E-state index in [-0.39, 0.29) is 12.1 Å². The van der Waals surface area contributed by atoms with Crippen LogP contribution in [0.2, 0.25) is 18.6 Å². The van der Waals surface area contributed by atoms with Crippen LogP contribution in [0.15, 0.2) is 128 Å². The lowest BCUT2D eigenvalue weighted by molar-refractivity contribution is 0.443. The molecule has 0 aliphatic heterocycles. The number of rotatable bonds is 11. The lowest BCUT2D eigenvalue weighted by Crippen LogP contribution is -2.52. The highest BCUT2D eigenvalue weighted by molar-refractivity contribution is 6.95. The summed E-state index contributed by atoms with van der Waals surface area (Å²) < 4.78 is 0. The Morgan fingerprint density at radius 1 is 0.518 bits per heavy atom. The summed E-state index contributed by atoms with van der Waals surface area (Å²) in [5.74, 6) is 1.34. The summed E-state index contributed by atoms with van der Waals surface area (Å²) in [7, 11) is -1.64. The second kappa shape index (κ2) is 15.4. The molecule has 0 N–H and O–H groups in total. The maximum absolute atomic E-state index is 4.65. The smallest absolute Gasteiger partial charge is 0.241 e. The van der Waals surface area contributed by atoms with Crippen molar-refractivity contribution in [2.45, 2.75) is 108 Å². The number of benzene rings is 3. The third-order valence-electron chi connectivity index (χ3n) is 14.3. The standard InChI is InChI=1S/C51H56BN3Si/c1-51(2,40-19-20-40)49-34-54-31-28-46(49)38-15-23-42(24-16-38)52(41-21-13-37(14-22-41)45-27-30-53-33-48(45)36-9-6-5-7-10-36)43-25-17-39(18-26-43)47-29-32-55-35-50(47)56(3,4)44-11-8-12-44/h13-18,21-36,40,44H,5-12,19-20H2,1-4H3. The van der Waals surface area contributed by atoms with E-state index >= 15 is 0 Å². The van der Waals surface area contributed by atoms with Gasteiger partial charge in [0.15, 0.2) is 0 Å². The van der Waals surface area contributed by atoms with Gasteiger partial charge in [0.2, 0.25) is 6.71 Å². The van der Waals surface area contributed by atoms with Gasteiger partial charge in [-0.15, -0.1) is 0 Å². The van der Waals surface area contributed by atoms with Gasteiger partial charge in [-0.25, -0.2) is 0 Å². The van der Waals surface area contributed by atoms with E-state index in [1.54, 1.807) is 0 Å². The molecule has 3 heterocycles. The quantitative estimate of drug-likeness (QED) is 0.124. The molecule has 0 saturated heterocycles. The third-order valence-corrected chi connectivity index (χ3v) is 18.7. The molecular formula is C51H56BN3Si. The summed E-state index contributed by atoms with van der Waals surface area (Å²) in [5, 5.41) is 1.50. The summed E-state index contributed by atoms with van der Waals surface area (Å²) in [6.07, 6.45) is 25.6. The van der Waals surface area contributed by atoms with Gasteiger partial charge < -0.3 is 0 Å². The molecule has 3 aromatic heterocycles. The van der Waals surface area contributed by atoms with Gasteiger partial charge in [-0.3, -0.25) is 15.0 Å². The van der Waals surface area contributed by atoms with E-state index < -0.39 is 8.07 Å². The van der Waals surface area contributed by atoms with Crippen LogP contribution in [0, 0.1) is 5.92 Å². The maximum Gasteiger partial charge on any atom is 0.241 e. The zero-order valence-corrected chi connectivity index (χ0v) is 34.8. The fourth-order valence-electron chi connectivity index (χ4n) is 10.2. The number of hydrogen-bond donors (Lipinski definition) is 0.